The van der Waals surface area contributed by atoms with Crippen molar-refractivity contribution >= 4 is 32.7 Å². The molecule has 0 fully saturated rings. The lowest BCUT2D eigenvalue weighted by atomic mass is 10.3. The first-order chi connectivity index (χ1) is 8.87. The average Bonchev–Trinajstić information content (AvgIpc) is 2.58. The SMILES string of the molecule is CS(=O)(=O)NCCCn1c(=O)oc2cc(Cl)ccc21. The Morgan fingerprint density at radius 2 is 2.16 bits per heavy atom. The van der Waals surface area contributed by atoms with Crippen LogP contribution in [-0.4, -0.2) is 25.8 Å². The molecule has 1 aromatic carbocycles. The molecule has 0 spiro atoms. The molecule has 19 heavy (non-hydrogen) atoms. The van der Waals surface area contributed by atoms with Crippen LogP contribution in [0, 0.1) is 0 Å². The highest BCUT2D eigenvalue weighted by atomic mass is 35.5. The minimum atomic E-state index is -3.20. The van der Waals surface area contributed by atoms with Crippen molar-refractivity contribution in [2.45, 2.75) is 13.0 Å². The summed E-state index contributed by atoms with van der Waals surface area (Å²) in [6.45, 7) is 0.640. The highest BCUT2D eigenvalue weighted by Crippen LogP contribution is 2.18. The maximum atomic E-state index is 11.7. The average molecular weight is 305 g/mol. The number of sulfonamides is 1. The smallest absolute Gasteiger partial charge is 0.408 e. The molecular weight excluding hydrogens is 292 g/mol. The Hall–Kier alpha value is -1.31. The number of benzene rings is 1. The van der Waals surface area contributed by atoms with Crippen LogP contribution in [0.5, 0.6) is 0 Å². The van der Waals surface area contributed by atoms with Crippen molar-refractivity contribution in [1.29, 1.82) is 0 Å². The number of fused-ring (bicyclic) bond motifs is 1. The number of aromatic nitrogens is 1. The lowest BCUT2D eigenvalue weighted by Crippen LogP contribution is -2.25. The Labute approximate surface area is 115 Å². The van der Waals surface area contributed by atoms with Gasteiger partial charge in [-0.1, -0.05) is 11.6 Å². The number of nitrogens with zero attached hydrogens (tertiary/aromatic N) is 1. The first kappa shape index (κ1) is 14.1. The van der Waals surface area contributed by atoms with Crippen LogP contribution in [-0.2, 0) is 16.6 Å². The maximum Gasteiger partial charge on any atom is 0.419 e. The third-order valence-electron chi connectivity index (χ3n) is 2.55. The van der Waals surface area contributed by atoms with Gasteiger partial charge in [-0.3, -0.25) is 4.57 Å². The van der Waals surface area contributed by atoms with Gasteiger partial charge in [0.15, 0.2) is 5.58 Å². The van der Waals surface area contributed by atoms with Crippen molar-refractivity contribution in [2.75, 3.05) is 12.8 Å². The van der Waals surface area contributed by atoms with Gasteiger partial charge in [0.2, 0.25) is 10.0 Å². The summed E-state index contributed by atoms with van der Waals surface area (Å²) >= 11 is 5.81. The van der Waals surface area contributed by atoms with Crippen molar-refractivity contribution in [3.8, 4) is 0 Å². The van der Waals surface area contributed by atoms with E-state index < -0.39 is 15.8 Å². The van der Waals surface area contributed by atoms with Gasteiger partial charge in [-0.25, -0.2) is 17.9 Å². The summed E-state index contributed by atoms with van der Waals surface area (Å²) in [6.07, 6.45) is 1.58. The van der Waals surface area contributed by atoms with Gasteiger partial charge in [-0.15, -0.1) is 0 Å². The van der Waals surface area contributed by atoms with Gasteiger partial charge in [0.25, 0.3) is 0 Å². The molecule has 0 amide bonds. The van der Waals surface area contributed by atoms with Gasteiger partial charge in [0.1, 0.15) is 0 Å². The summed E-state index contributed by atoms with van der Waals surface area (Å²) in [5.41, 5.74) is 1.07. The topological polar surface area (TPSA) is 81.3 Å². The zero-order chi connectivity index (χ0) is 14.0. The Morgan fingerprint density at radius 1 is 1.42 bits per heavy atom. The molecule has 0 bridgehead atoms. The quantitative estimate of drug-likeness (QED) is 0.841. The van der Waals surface area contributed by atoms with E-state index >= 15 is 0 Å². The number of nitrogens with one attached hydrogen (secondary N) is 1. The standard InChI is InChI=1S/C11H13ClN2O4S/c1-19(16,17)13-5-2-6-14-9-4-3-8(12)7-10(9)18-11(14)15/h3-4,7,13H,2,5-6H2,1H3. The zero-order valence-corrected chi connectivity index (χ0v) is 11.8. The van der Waals surface area contributed by atoms with Crippen LogP contribution in [0.4, 0.5) is 0 Å². The van der Waals surface area contributed by atoms with Crippen LogP contribution < -0.4 is 10.5 Å². The van der Waals surface area contributed by atoms with Crippen LogP contribution in [0.2, 0.25) is 5.02 Å². The molecular formula is C11H13ClN2O4S. The fraction of sp³-hybridized carbons (Fsp3) is 0.364. The number of rotatable bonds is 5. The molecule has 0 unspecified atom stereocenters. The molecule has 0 aliphatic carbocycles. The second kappa shape index (κ2) is 5.36. The van der Waals surface area contributed by atoms with E-state index in [-0.39, 0.29) is 6.54 Å². The fourth-order valence-corrected chi connectivity index (χ4v) is 2.42. The number of aryl methyl sites for hydroxylation is 1. The van der Waals surface area contributed by atoms with Crippen LogP contribution in [0.25, 0.3) is 11.1 Å². The lowest BCUT2D eigenvalue weighted by Gasteiger charge is -2.03. The lowest BCUT2D eigenvalue weighted by molar-refractivity contribution is 0.496. The number of halogens is 1. The molecule has 104 valence electrons. The van der Waals surface area contributed by atoms with Crippen LogP contribution in [0.15, 0.2) is 27.4 Å². The maximum absolute atomic E-state index is 11.7. The Kier molecular flexibility index (Phi) is 3.98. The highest BCUT2D eigenvalue weighted by Gasteiger charge is 2.09. The van der Waals surface area contributed by atoms with Crippen molar-refractivity contribution in [3.05, 3.63) is 33.8 Å². The second-order valence-corrected chi connectivity index (χ2v) is 6.42. The number of hydrogen-bond donors (Lipinski definition) is 1. The van der Waals surface area contributed by atoms with Crippen molar-refractivity contribution in [1.82, 2.24) is 9.29 Å². The van der Waals surface area contributed by atoms with Gasteiger partial charge >= 0.3 is 5.76 Å². The molecule has 0 aliphatic heterocycles. The number of hydrogen-bond acceptors (Lipinski definition) is 4. The molecule has 0 atom stereocenters. The first-order valence-corrected chi connectivity index (χ1v) is 7.87. The molecule has 2 rings (SSSR count). The highest BCUT2D eigenvalue weighted by molar-refractivity contribution is 7.88. The normalized spacial score (nSPS) is 12.1. The predicted molar refractivity (Wildman–Crippen MR) is 72.9 cm³/mol. The zero-order valence-electron chi connectivity index (χ0n) is 10.2. The predicted octanol–water partition coefficient (Wildman–Crippen LogP) is 1.19. The van der Waals surface area contributed by atoms with E-state index in [1.54, 1.807) is 18.2 Å². The molecule has 6 nitrogen and oxygen atoms in total. The van der Waals surface area contributed by atoms with Gasteiger partial charge in [-0.2, -0.15) is 0 Å². The summed E-state index contributed by atoms with van der Waals surface area (Å²) in [6, 6.07) is 4.94. The van der Waals surface area contributed by atoms with E-state index in [0.29, 0.717) is 29.1 Å². The molecule has 1 aromatic heterocycles. The molecule has 0 aliphatic rings. The summed E-state index contributed by atoms with van der Waals surface area (Å²) in [7, 11) is -3.20. The van der Waals surface area contributed by atoms with E-state index in [9.17, 15) is 13.2 Å². The summed E-state index contributed by atoms with van der Waals surface area (Å²) < 4.78 is 30.7. The van der Waals surface area contributed by atoms with Gasteiger partial charge in [0.05, 0.1) is 11.8 Å². The van der Waals surface area contributed by atoms with Gasteiger partial charge < -0.3 is 4.42 Å². The van der Waals surface area contributed by atoms with Crippen LogP contribution >= 0.6 is 11.6 Å². The Balaban J connectivity index is 2.13. The minimum Gasteiger partial charge on any atom is -0.408 e. The van der Waals surface area contributed by atoms with Gasteiger partial charge in [0, 0.05) is 24.2 Å². The third kappa shape index (κ3) is 3.59. The molecule has 0 saturated carbocycles. The van der Waals surface area contributed by atoms with Crippen LogP contribution in [0.3, 0.4) is 0 Å². The molecule has 8 heteroatoms. The van der Waals surface area contributed by atoms with E-state index in [1.807, 2.05) is 0 Å². The monoisotopic (exact) mass is 304 g/mol. The molecule has 0 saturated heterocycles. The van der Waals surface area contributed by atoms with E-state index in [2.05, 4.69) is 4.72 Å². The van der Waals surface area contributed by atoms with E-state index in [4.69, 9.17) is 16.0 Å². The summed E-state index contributed by atoms with van der Waals surface area (Å²) in [5, 5.41) is 0.493. The van der Waals surface area contributed by atoms with Gasteiger partial charge in [-0.05, 0) is 18.6 Å². The van der Waals surface area contributed by atoms with E-state index in [1.165, 1.54) is 4.57 Å². The molecule has 0 radical (unpaired) electrons. The Morgan fingerprint density at radius 3 is 2.84 bits per heavy atom. The van der Waals surface area contributed by atoms with Crippen LogP contribution in [0.1, 0.15) is 6.42 Å². The van der Waals surface area contributed by atoms with Crippen molar-refractivity contribution in [3.63, 3.8) is 0 Å². The van der Waals surface area contributed by atoms with E-state index in [0.717, 1.165) is 6.26 Å². The largest absolute Gasteiger partial charge is 0.419 e. The summed E-state index contributed by atoms with van der Waals surface area (Å²) in [5.74, 6) is -0.475. The third-order valence-corrected chi connectivity index (χ3v) is 3.52. The number of oxazole rings is 1. The first-order valence-electron chi connectivity index (χ1n) is 5.60. The molecule has 1 heterocycles. The second-order valence-electron chi connectivity index (χ2n) is 4.15. The fourth-order valence-electron chi connectivity index (χ4n) is 1.75. The summed E-state index contributed by atoms with van der Waals surface area (Å²) in [4.78, 5) is 11.7. The molecule has 2 aromatic rings. The van der Waals surface area contributed by atoms with Crippen molar-refractivity contribution in [2.24, 2.45) is 0 Å². The van der Waals surface area contributed by atoms with Crippen molar-refractivity contribution < 1.29 is 12.8 Å². The minimum absolute atomic E-state index is 0.269. The Bertz CT molecular complexity index is 748. The molecule has 1 N–H and O–H groups in total.